The number of carbonyl (C=O) groups excluding carboxylic acids is 2. The molecular formula is C20H21NO3. The van der Waals surface area contributed by atoms with E-state index in [2.05, 4.69) is 19.1 Å². The molecule has 0 spiro atoms. The topological polar surface area (TPSA) is 46.6 Å². The van der Waals surface area contributed by atoms with E-state index < -0.39 is 0 Å². The van der Waals surface area contributed by atoms with Crippen LogP contribution in [0.3, 0.4) is 0 Å². The summed E-state index contributed by atoms with van der Waals surface area (Å²) in [6, 6.07) is 7.35. The Bertz CT molecular complexity index is 702. The summed E-state index contributed by atoms with van der Waals surface area (Å²) in [4.78, 5) is 27.4. The third kappa shape index (κ3) is 1.80. The van der Waals surface area contributed by atoms with Crippen molar-refractivity contribution >= 4 is 17.5 Å². The highest BCUT2D eigenvalue weighted by atomic mass is 16.5. The van der Waals surface area contributed by atoms with Crippen molar-refractivity contribution in [3.63, 3.8) is 0 Å². The van der Waals surface area contributed by atoms with Gasteiger partial charge in [0.2, 0.25) is 11.8 Å². The first-order valence-electron chi connectivity index (χ1n) is 8.99. The number of imide groups is 1. The molecule has 2 saturated carbocycles. The number of allylic oxidation sites excluding steroid dienone is 2. The van der Waals surface area contributed by atoms with Gasteiger partial charge in [-0.15, -0.1) is 0 Å². The van der Waals surface area contributed by atoms with Crippen LogP contribution in [0.25, 0.3) is 0 Å². The zero-order valence-corrected chi connectivity index (χ0v) is 13.7. The zero-order valence-electron chi connectivity index (χ0n) is 13.7. The number of hydrogen-bond acceptors (Lipinski definition) is 3. The van der Waals surface area contributed by atoms with Crippen LogP contribution >= 0.6 is 0 Å². The second-order valence-corrected chi connectivity index (χ2v) is 7.51. The number of ether oxygens (including phenoxy) is 1. The van der Waals surface area contributed by atoms with Crippen LogP contribution in [-0.4, -0.2) is 18.4 Å². The molecule has 0 radical (unpaired) electrons. The smallest absolute Gasteiger partial charge is 0.238 e. The van der Waals surface area contributed by atoms with Gasteiger partial charge in [-0.05, 0) is 60.8 Å². The molecule has 4 nitrogen and oxygen atoms in total. The quantitative estimate of drug-likeness (QED) is 0.632. The van der Waals surface area contributed by atoms with Crippen molar-refractivity contribution < 1.29 is 14.3 Å². The molecule has 4 aliphatic carbocycles. The SMILES string of the molecule is CCCOc1ccc(N2C(=O)[C@@H]3[C@H]4C=C[C@@H]([C@@H]5C[C@H]45)[C@H]3C2=O)cc1. The van der Waals surface area contributed by atoms with Crippen molar-refractivity contribution in [1.82, 2.24) is 0 Å². The largest absolute Gasteiger partial charge is 0.494 e. The Morgan fingerprint density at radius 2 is 1.58 bits per heavy atom. The number of amides is 2. The molecule has 0 unspecified atom stereocenters. The molecule has 0 N–H and O–H groups in total. The molecule has 5 aliphatic rings. The summed E-state index contributed by atoms with van der Waals surface area (Å²) in [5.41, 5.74) is 0.677. The minimum absolute atomic E-state index is 0.00285. The van der Waals surface area contributed by atoms with Gasteiger partial charge in [0, 0.05) is 0 Å². The Hall–Kier alpha value is -2.10. The number of hydrogen-bond donors (Lipinski definition) is 0. The van der Waals surface area contributed by atoms with Gasteiger partial charge in [-0.1, -0.05) is 19.1 Å². The van der Waals surface area contributed by atoms with Gasteiger partial charge in [-0.2, -0.15) is 0 Å². The van der Waals surface area contributed by atoms with E-state index in [1.807, 2.05) is 24.3 Å². The van der Waals surface area contributed by atoms with E-state index in [9.17, 15) is 9.59 Å². The van der Waals surface area contributed by atoms with Crippen molar-refractivity contribution in [2.45, 2.75) is 19.8 Å². The number of carbonyl (C=O) groups is 2. The van der Waals surface area contributed by atoms with Crippen molar-refractivity contribution in [1.29, 1.82) is 0 Å². The fraction of sp³-hybridized carbons (Fsp3) is 0.500. The van der Waals surface area contributed by atoms with Crippen molar-refractivity contribution in [2.75, 3.05) is 11.5 Å². The predicted molar refractivity (Wildman–Crippen MR) is 89.4 cm³/mol. The molecule has 3 fully saturated rings. The van der Waals surface area contributed by atoms with E-state index in [1.54, 1.807) is 0 Å². The molecule has 4 heteroatoms. The third-order valence-electron chi connectivity index (χ3n) is 6.23. The summed E-state index contributed by atoms with van der Waals surface area (Å²) < 4.78 is 5.59. The average Bonchev–Trinajstić information content (AvgIpc) is 3.38. The maximum atomic E-state index is 13.0. The van der Waals surface area contributed by atoms with Crippen molar-refractivity contribution in [2.24, 2.45) is 35.5 Å². The lowest BCUT2D eigenvalue weighted by Gasteiger charge is -2.37. The normalized spacial score (nSPS) is 38.3. The van der Waals surface area contributed by atoms with E-state index in [1.165, 1.54) is 11.3 Å². The molecule has 1 saturated heterocycles. The Labute approximate surface area is 141 Å². The van der Waals surface area contributed by atoms with E-state index in [4.69, 9.17) is 4.74 Å². The minimum Gasteiger partial charge on any atom is -0.494 e. The molecule has 24 heavy (non-hydrogen) atoms. The summed E-state index contributed by atoms with van der Waals surface area (Å²) in [5, 5.41) is 0. The van der Waals surface area contributed by atoms with Gasteiger partial charge in [-0.3, -0.25) is 14.5 Å². The standard InChI is InChI=1S/C20H21NO3/c1-2-9-24-12-5-3-11(4-6-12)21-19(22)17-13-7-8-14(16-10-15(13)16)18(17)20(21)23/h3-8,13-18H,2,9-10H2,1H3/t13-,14-,15-,16+,17+,18+/m0/s1. The second-order valence-electron chi connectivity index (χ2n) is 7.51. The molecule has 0 aromatic heterocycles. The summed E-state index contributed by atoms with van der Waals surface area (Å²) in [6.45, 7) is 2.73. The van der Waals surface area contributed by atoms with Crippen LogP contribution in [-0.2, 0) is 9.59 Å². The van der Waals surface area contributed by atoms with E-state index in [-0.39, 0.29) is 35.5 Å². The predicted octanol–water partition coefficient (Wildman–Crippen LogP) is 3.03. The van der Waals surface area contributed by atoms with Gasteiger partial charge in [-0.25, -0.2) is 0 Å². The fourth-order valence-electron chi connectivity index (χ4n) is 5.12. The van der Waals surface area contributed by atoms with Crippen molar-refractivity contribution in [3.05, 3.63) is 36.4 Å². The van der Waals surface area contributed by atoms with Gasteiger partial charge in [0.1, 0.15) is 5.75 Å². The second kappa shape index (κ2) is 4.95. The average molecular weight is 323 g/mol. The van der Waals surface area contributed by atoms with Crippen LogP contribution in [0.2, 0.25) is 0 Å². The number of benzene rings is 1. The summed E-state index contributed by atoms with van der Waals surface area (Å²) in [5.74, 6) is 2.34. The van der Waals surface area contributed by atoms with Crippen LogP contribution in [0.15, 0.2) is 36.4 Å². The van der Waals surface area contributed by atoms with Crippen LogP contribution in [0.1, 0.15) is 19.8 Å². The van der Waals surface area contributed by atoms with Crippen LogP contribution in [0.4, 0.5) is 5.69 Å². The molecule has 6 atom stereocenters. The molecule has 1 heterocycles. The van der Waals surface area contributed by atoms with Crippen LogP contribution in [0, 0.1) is 35.5 Å². The summed E-state index contributed by atoms with van der Waals surface area (Å²) in [6.07, 6.45) is 6.55. The fourth-order valence-corrected chi connectivity index (χ4v) is 5.12. The van der Waals surface area contributed by atoms with Gasteiger partial charge >= 0.3 is 0 Å². The van der Waals surface area contributed by atoms with E-state index in [0.717, 1.165) is 12.2 Å². The highest BCUT2D eigenvalue weighted by Gasteiger charge is 2.67. The summed E-state index contributed by atoms with van der Waals surface area (Å²) >= 11 is 0. The number of rotatable bonds is 4. The molecule has 1 aliphatic heterocycles. The Morgan fingerprint density at radius 1 is 1.00 bits per heavy atom. The van der Waals surface area contributed by atoms with Gasteiger partial charge in [0.15, 0.2) is 0 Å². The maximum absolute atomic E-state index is 13.0. The molecule has 124 valence electrons. The lowest BCUT2D eigenvalue weighted by Crippen LogP contribution is -2.40. The van der Waals surface area contributed by atoms with Gasteiger partial charge < -0.3 is 4.74 Å². The highest BCUT2D eigenvalue weighted by Crippen LogP contribution is 2.65. The van der Waals surface area contributed by atoms with Gasteiger partial charge in [0.25, 0.3) is 0 Å². The first-order chi connectivity index (χ1) is 11.7. The minimum atomic E-state index is -0.132. The number of nitrogens with zero attached hydrogens (tertiary/aromatic N) is 1. The lowest BCUT2D eigenvalue weighted by molar-refractivity contribution is -0.124. The number of anilines is 1. The molecule has 1 aromatic rings. The highest BCUT2D eigenvalue weighted by molar-refractivity contribution is 6.22. The maximum Gasteiger partial charge on any atom is 0.238 e. The third-order valence-corrected chi connectivity index (χ3v) is 6.23. The molecule has 2 bridgehead atoms. The van der Waals surface area contributed by atoms with Gasteiger partial charge in [0.05, 0.1) is 24.1 Å². The Balaban J connectivity index is 1.44. The van der Waals surface area contributed by atoms with E-state index >= 15 is 0 Å². The van der Waals surface area contributed by atoms with Crippen LogP contribution in [0.5, 0.6) is 5.75 Å². The van der Waals surface area contributed by atoms with Crippen molar-refractivity contribution in [3.8, 4) is 5.75 Å². The van der Waals surface area contributed by atoms with Crippen LogP contribution < -0.4 is 9.64 Å². The lowest BCUT2D eigenvalue weighted by atomic mass is 9.63. The first-order valence-corrected chi connectivity index (χ1v) is 8.99. The monoisotopic (exact) mass is 323 g/mol. The first kappa shape index (κ1) is 14.3. The molecular weight excluding hydrogens is 302 g/mol. The molecule has 2 amide bonds. The van der Waals surface area contributed by atoms with E-state index in [0.29, 0.717) is 24.1 Å². The summed E-state index contributed by atoms with van der Waals surface area (Å²) in [7, 11) is 0. The Morgan fingerprint density at radius 3 is 2.12 bits per heavy atom. The molecule has 1 aromatic carbocycles. The Kier molecular flexibility index (Phi) is 2.94. The molecule has 6 rings (SSSR count). The zero-order chi connectivity index (χ0) is 16.4.